The second-order valence-corrected chi connectivity index (χ2v) is 10.6. The van der Waals surface area contributed by atoms with E-state index in [1.165, 1.54) is 22.2 Å². The molecule has 29 heavy (non-hydrogen) atoms. The van der Waals surface area contributed by atoms with Gasteiger partial charge in [0.05, 0.1) is 22.4 Å². The quantitative estimate of drug-likeness (QED) is 0.409. The molecule has 0 aliphatic carbocycles. The van der Waals surface area contributed by atoms with Gasteiger partial charge < -0.3 is 0 Å². The maximum absolute atomic E-state index is 13.0. The number of rotatable bonds is 5. The molecule has 0 aliphatic heterocycles. The van der Waals surface area contributed by atoms with Crippen molar-refractivity contribution in [2.24, 2.45) is 0 Å². The third kappa shape index (κ3) is 3.92. The van der Waals surface area contributed by atoms with Crippen LogP contribution in [0.3, 0.4) is 0 Å². The van der Waals surface area contributed by atoms with E-state index in [2.05, 4.69) is 20.9 Å². The van der Waals surface area contributed by atoms with E-state index in [-0.39, 0.29) is 22.8 Å². The van der Waals surface area contributed by atoms with Crippen molar-refractivity contribution in [3.8, 4) is 10.4 Å². The number of benzene rings is 2. The molecule has 148 valence electrons. The summed E-state index contributed by atoms with van der Waals surface area (Å²) in [5.41, 5.74) is 1.70. The summed E-state index contributed by atoms with van der Waals surface area (Å²) in [6.07, 6.45) is 1.44. The van der Waals surface area contributed by atoms with Crippen LogP contribution >= 0.6 is 27.3 Å². The Morgan fingerprint density at radius 2 is 1.76 bits per heavy atom. The number of halogens is 1. The van der Waals surface area contributed by atoms with Crippen molar-refractivity contribution in [1.82, 2.24) is 9.55 Å². The number of hydrogen-bond donors (Lipinski definition) is 0. The molecule has 2 aromatic carbocycles. The van der Waals surface area contributed by atoms with Gasteiger partial charge in [0, 0.05) is 15.9 Å². The van der Waals surface area contributed by atoms with Crippen LogP contribution in [0.2, 0.25) is 0 Å². The van der Waals surface area contributed by atoms with Crippen LogP contribution in [0.1, 0.15) is 5.56 Å². The lowest BCUT2D eigenvalue weighted by Crippen LogP contribution is -2.24. The third-order valence-electron chi connectivity index (χ3n) is 4.73. The summed E-state index contributed by atoms with van der Waals surface area (Å²) in [5, 5.41) is 0.553. The Labute approximate surface area is 180 Å². The summed E-state index contributed by atoms with van der Waals surface area (Å²) >= 11 is 4.77. The van der Waals surface area contributed by atoms with Crippen LogP contribution < -0.4 is 5.56 Å². The zero-order valence-electron chi connectivity index (χ0n) is 15.5. The lowest BCUT2D eigenvalue weighted by atomic mass is 10.1. The highest BCUT2D eigenvalue weighted by atomic mass is 79.9. The Morgan fingerprint density at radius 1 is 1.07 bits per heavy atom. The summed E-state index contributed by atoms with van der Waals surface area (Å²) in [7, 11) is -3.50. The number of aromatic nitrogens is 2. The maximum Gasteiger partial charge on any atom is 0.262 e. The smallest absolute Gasteiger partial charge is 0.262 e. The molecule has 2 aromatic heterocycles. The molecule has 2 heterocycles. The molecule has 4 rings (SSSR count). The summed E-state index contributed by atoms with van der Waals surface area (Å²) in [4.78, 5) is 19.3. The monoisotopic (exact) mass is 488 g/mol. The number of aryl methyl sites for hydroxylation is 2. The molecule has 0 amide bonds. The second kappa shape index (κ2) is 7.85. The normalized spacial score (nSPS) is 11.8. The fraction of sp³-hybridized carbons (Fsp3) is 0.143. The summed E-state index contributed by atoms with van der Waals surface area (Å²) in [6.45, 7) is 1.96. The van der Waals surface area contributed by atoms with Crippen molar-refractivity contribution in [3.05, 3.63) is 81.3 Å². The van der Waals surface area contributed by atoms with Crippen LogP contribution in [0.4, 0.5) is 0 Å². The third-order valence-corrected chi connectivity index (χ3v) is 8.21. The largest absolute Gasteiger partial charge is 0.298 e. The average molecular weight is 489 g/mol. The first-order valence-electron chi connectivity index (χ1n) is 8.89. The van der Waals surface area contributed by atoms with Gasteiger partial charge >= 0.3 is 0 Å². The maximum atomic E-state index is 13.0. The molecule has 0 aliphatic rings. The molecule has 0 bridgehead atoms. The van der Waals surface area contributed by atoms with Crippen LogP contribution in [0.25, 0.3) is 20.7 Å². The minimum absolute atomic E-state index is 0.0517. The molecule has 0 saturated heterocycles. The molecule has 0 saturated carbocycles. The van der Waals surface area contributed by atoms with Gasteiger partial charge in [-0.3, -0.25) is 9.36 Å². The predicted octanol–water partition coefficient (Wildman–Crippen LogP) is 4.67. The summed E-state index contributed by atoms with van der Waals surface area (Å²) < 4.78 is 27.4. The Kier molecular flexibility index (Phi) is 5.42. The van der Waals surface area contributed by atoms with E-state index in [1.807, 2.05) is 37.3 Å². The number of sulfone groups is 1. The SMILES string of the molecule is Cc1c(-c2ccccc2)sc2ncn(CCS(=O)(=O)c3ccc(Br)cc3)c(=O)c12. The number of thiophene rings is 1. The highest BCUT2D eigenvalue weighted by molar-refractivity contribution is 9.10. The molecule has 5 nitrogen and oxygen atoms in total. The Morgan fingerprint density at radius 3 is 2.45 bits per heavy atom. The van der Waals surface area contributed by atoms with Crippen LogP contribution in [-0.2, 0) is 16.4 Å². The van der Waals surface area contributed by atoms with Crippen LogP contribution in [-0.4, -0.2) is 23.7 Å². The molecule has 0 fully saturated rings. The first-order valence-corrected chi connectivity index (χ1v) is 12.2. The molecule has 4 aromatic rings. The lowest BCUT2D eigenvalue weighted by Gasteiger charge is -2.07. The van der Waals surface area contributed by atoms with Gasteiger partial charge in [0.1, 0.15) is 4.83 Å². The van der Waals surface area contributed by atoms with Crippen LogP contribution in [0.15, 0.2) is 75.1 Å². The standard InChI is InChI=1S/C21H17BrN2O3S2/c1-14-18-20(28-19(14)15-5-3-2-4-6-15)23-13-24(21(18)25)11-12-29(26,27)17-9-7-16(22)8-10-17/h2-10,13H,11-12H2,1H3. The lowest BCUT2D eigenvalue weighted by molar-refractivity contribution is 0.586. The van der Waals surface area contributed by atoms with Crippen LogP contribution in [0.5, 0.6) is 0 Å². The Bertz CT molecular complexity index is 1340. The van der Waals surface area contributed by atoms with E-state index in [0.29, 0.717) is 10.2 Å². The molecular weight excluding hydrogens is 472 g/mol. The van der Waals surface area contributed by atoms with Crippen molar-refractivity contribution in [1.29, 1.82) is 0 Å². The highest BCUT2D eigenvalue weighted by Gasteiger charge is 2.18. The van der Waals surface area contributed by atoms with E-state index in [0.717, 1.165) is 20.5 Å². The minimum Gasteiger partial charge on any atom is -0.298 e. The van der Waals surface area contributed by atoms with E-state index in [1.54, 1.807) is 24.3 Å². The van der Waals surface area contributed by atoms with Crippen molar-refractivity contribution >= 4 is 47.3 Å². The van der Waals surface area contributed by atoms with Gasteiger partial charge in [-0.15, -0.1) is 11.3 Å². The van der Waals surface area contributed by atoms with Crippen molar-refractivity contribution < 1.29 is 8.42 Å². The molecule has 8 heteroatoms. The number of fused-ring (bicyclic) bond motifs is 1. The minimum atomic E-state index is -3.50. The van der Waals surface area contributed by atoms with E-state index in [4.69, 9.17) is 0 Å². The van der Waals surface area contributed by atoms with Crippen molar-refractivity contribution in [2.45, 2.75) is 18.4 Å². The van der Waals surface area contributed by atoms with E-state index < -0.39 is 9.84 Å². The molecule has 0 radical (unpaired) electrons. The summed E-state index contributed by atoms with van der Waals surface area (Å²) in [6, 6.07) is 16.3. The van der Waals surface area contributed by atoms with Gasteiger partial charge in [0.2, 0.25) is 0 Å². The van der Waals surface area contributed by atoms with Gasteiger partial charge in [0.15, 0.2) is 9.84 Å². The van der Waals surface area contributed by atoms with E-state index >= 15 is 0 Å². The molecule has 0 spiro atoms. The van der Waals surface area contributed by atoms with Gasteiger partial charge in [-0.1, -0.05) is 46.3 Å². The van der Waals surface area contributed by atoms with Crippen molar-refractivity contribution in [2.75, 3.05) is 5.75 Å². The second-order valence-electron chi connectivity index (χ2n) is 6.62. The fourth-order valence-electron chi connectivity index (χ4n) is 3.16. The average Bonchev–Trinajstić information content (AvgIpc) is 3.06. The van der Waals surface area contributed by atoms with E-state index in [9.17, 15) is 13.2 Å². The predicted molar refractivity (Wildman–Crippen MR) is 120 cm³/mol. The molecule has 0 N–H and O–H groups in total. The number of nitrogens with zero attached hydrogens (tertiary/aromatic N) is 2. The summed E-state index contributed by atoms with van der Waals surface area (Å²) in [5.74, 6) is -0.170. The van der Waals surface area contributed by atoms with Crippen LogP contribution in [0, 0.1) is 6.92 Å². The topological polar surface area (TPSA) is 69.0 Å². The van der Waals surface area contributed by atoms with Gasteiger partial charge in [0.25, 0.3) is 5.56 Å². The first kappa shape index (κ1) is 20.0. The first-order chi connectivity index (χ1) is 13.9. The molecule has 0 unspecified atom stereocenters. The Hall–Kier alpha value is -2.29. The fourth-order valence-corrected chi connectivity index (χ4v) is 5.79. The zero-order valence-corrected chi connectivity index (χ0v) is 18.7. The van der Waals surface area contributed by atoms with Crippen molar-refractivity contribution in [3.63, 3.8) is 0 Å². The molecule has 0 atom stereocenters. The van der Waals surface area contributed by atoms with Gasteiger partial charge in [-0.25, -0.2) is 13.4 Å². The van der Waals surface area contributed by atoms with Gasteiger partial charge in [-0.05, 0) is 42.3 Å². The van der Waals surface area contributed by atoms with Gasteiger partial charge in [-0.2, -0.15) is 0 Å². The Balaban J connectivity index is 1.67. The molecular formula is C21H17BrN2O3S2. The highest BCUT2D eigenvalue weighted by Crippen LogP contribution is 2.35. The number of hydrogen-bond acceptors (Lipinski definition) is 5. The zero-order chi connectivity index (χ0) is 20.6.